The number of carbonyl (C=O) groups is 2. The summed E-state index contributed by atoms with van der Waals surface area (Å²) in [5.41, 5.74) is 0.176. The Hall–Kier alpha value is -1.12. The molecule has 0 aromatic heterocycles. The highest BCUT2D eigenvalue weighted by Gasteiger charge is 2.02. The van der Waals surface area contributed by atoms with Gasteiger partial charge in [-0.2, -0.15) is 0 Å². The monoisotopic (exact) mass is 486 g/mol. The summed E-state index contributed by atoms with van der Waals surface area (Å²) in [5.74, 6) is -1.69. The van der Waals surface area contributed by atoms with E-state index < -0.39 is 11.9 Å². The van der Waals surface area contributed by atoms with E-state index in [1.807, 2.05) is 0 Å². The van der Waals surface area contributed by atoms with E-state index in [0.29, 0.717) is 8.95 Å². The Kier molecular flexibility index (Phi) is 12.2. The van der Waals surface area contributed by atoms with Gasteiger partial charge in [-0.15, -0.1) is 0 Å². The van der Waals surface area contributed by atoms with Crippen LogP contribution in [0.25, 0.3) is 0 Å². The number of carboxylic acid groups (broad SMARTS) is 2. The normalized spacial score (nSPS) is 8.38. The summed E-state index contributed by atoms with van der Waals surface area (Å²) in [6, 6.07) is 3.56. The molecule has 0 heterocycles. The van der Waals surface area contributed by atoms with E-state index >= 15 is 0 Å². The molecule has 0 amide bonds. The van der Waals surface area contributed by atoms with Gasteiger partial charge in [0.2, 0.25) is 0 Å². The Labute approximate surface area is 147 Å². The Bertz CT molecular complexity index is 506. The number of phenolic OH excluding ortho intramolecular Hbond substituents is 1. The fourth-order valence-corrected chi connectivity index (χ4v) is 2.79. The van der Waals surface area contributed by atoms with E-state index in [-0.39, 0.29) is 11.3 Å². The number of carboxylic acids is 2. The molecule has 0 aliphatic carbocycles. The minimum Gasteiger partial charge on any atom is -0.506 e. The third kappa shape index (κ3) is 12.3. The molecule has 0 saturated heterocycles. The highest BCUT2D eigenvalue weighted by molar-refractivity contribution is 9.11. The van der Waals surface area contributed by atoms with E-state index in [9.17, 15) is 14.7 Å². The van der Waals surface area contributed by atoms with Crippen LogP contribution in [-0.4, -0.2) is 27.3 Å². The molecule has 0 bridgehead atoms. The molecular formula is C13H13Br3O5. The van der Waals surface area contributed by atoms with Crippen LogP contribution in [0.1, 0.15) is 6.92 Å². The Morgan fingerprint density at radius 3 is 1.62 bits per heavy atom. The number of hydrogen-bond donors (Lipinski definition) is 3. The summed E-state index contributed by atoms with van der Waals surface area (Å²) < 4.78 is 2.27. The molecule has 0 spiro atoms. The van der Waals surface area contributed by atoms with Gasteiger partial charge >= 0.3 is 11.9 Å². The van der Waals surface area contributed by atoms with Gasteiger partial charge in [0, 0.05) is 16.1 Å². The number of aromatic hydroxyl groups is 1. The first-order valence-electron chi connectivity index (χ1n) is 5.10. The first-order chi connectivity index (χ1) is 9.52. The van der Waals surface area contributed by atoms with Gasteiger partial charge in [0.05, 0.1) is 8.95 Å². The van der Waals surface area contributed by atoms with Gasteiger partial charge in [-0.05, 0) is 50.9 Å². The van der Waals surface area contributed by atoms with Crippen molar-refractivity contribution in [2.45, 2.75) is 6.92 Å². The maximum absolute atomic E-state index is 9.60. The maximum atomic E-state index is 9.60. The number of phenols is 1. The topological polar surface area (TPSA) is 94.8 Å². The molecule has 0 saturated carbocycles. The molecule has 0 unspecified atom stereocenters. The third-order valence-corrected chi connectivity index (χ3v) is 3.19. The molecule has 0 radical (unpaired) electrons. The van der Waals surface area contributed by atoms with E-state index in [4.69, 9.17) is 10.2 Å². The van der Waals surface area contributed by atoms with E-state index in [1.54, 1.807) is 12.1 Å². The molecule has 3 N–H and O–H groups in total. The highest BCUT2D eigenvalue weighted by Crippen LogP contribution is 2.34. The molecule has 0 aliphatic heterocycles. The molecule has 0 fully saturated rings. The van der Waals surface area contributed by atoms with Crippen LogP contribution < -0.4 is 0 Å². The standard InChI is InChI=1S/C6H3Br3O.C4H6O2.C3H4O2/c7-3-1-4(8)6(10)5(9)2-3;1-3(2)4(5)6;1-2-3(4)5/h1-2,10H;1H2,2H3,(H,5,6);2H,1H2,(H,4,5). The van der Waals surface area contributed by atoms with Crippen molar-refractivity contribution >= 4 is 59.7 Å². The van der Waals surface area contributed by atoms with Crippen LogP contribution in [0.4, 0.5) is 0 Å². The lowest BCUT2D eigenvalue weighted by Gasteiger charge is -1.99. The average Bonchev–Trinajstić information content (AvgIpc) is 2.37. The average molecular weight is 489 g/mol. The molecule has 0 aliphatic rings. The van der Waals surface area contributed by atoms with Crippen LogP contribution >= 0.6 is 47.8 Å². The van der Waals surface area contributed by atoms with Gasteiger partial charge in [-0.1, -0.05) is 29.1 Å². The van der Waals surface area contributed by atoms with Crippen LogP contribution in [0.2, 0.25) is 0 Å². The molecule has 0 atom stereocenters. The molecule has 1 rings (SSSR count). The van der Waals surface area contributed by atoms with Crippen LogP contribution in [0.15, 0.2) is 50.4 Å². The summed E-state index contributed by atoms with van der Waals surface area (Å²) >= 11 is 9.65. The summed E-state index contributed by atoms with van der Waals surface area (Å²) in [6.45, 7) is 7.56. The summed E-state index contributed by atoms with van der Waals surface area (Å²) in [4.78, 5) is 18.8. The molecular weight excluding hydrogens is 476 g/mol. The molecule has 5 nitrogen and oxygen atoms in total. The zero-order valence-corrected chi connectivity index (χ0v) is 15.7. The van der Waals surface area contributed by atoms with Crippen LogP contribution in [0, 0.1) is 0 Å². The van der Waals surface area contributed by atoms with Crippen molar-refractivity contribution in [2.24, 2.45) is 0 Å². The minimum absolute atomic E-state index is 0.176. The van der Waals surface area contributed by atoms with Gasteiger partial charge < -0.3 is 15.3 Å². The van der Waals surface area contributed by atoms with E-state index in [1.165, 1.54) is 6.92 Å². The first kappa shape index (κ1) is 22.2. The molecule has 1 aromatic rings. The van der Waals surface area contributed by atoms with Gasteiger partial charge in [0.15, 0.2) is 0 Å². The van der Waals surface area contributed by atoms with Crippen molar-refractivity contribution in [3.8, 4) is 5.75 Å². The van der Waals surface area contributed by atoms with Crippen molar-refractivity contribution < 1.29 is 24.9 Å². The zero-order valence-electron chi connectivity index (χ0n) is 10.9. The largest absolute Gasteiger partial charge is 0.506 e. The van der Waals surface area contributed by atoms with Crippen molar-refractivity contribution in [3.05, 3.63) is 50.4 Å². The van der Waals surface area contributed by atoms with Crippen LogP contribution in [-0.2, 0) is 9.59 Å². The predicted octanol–water partition coefficient (Wildman–Crippen LogP) is 4.58. The lowest BCUT2D eigenvalue weighted by Crippen LogP contribution is -1.92. The second-order valence-corrected chi connectivity index (χ2v) is 5.97. The molecule has 1 aromatic carbocycles. The SMILES string of the molecule is C=C(C)C(=O)O.C=CC(=O)O.Oc1c(Br)cc(Br)cc1Br. The van der Waals surface area contributed by atoms with E-state index in [0.717, 1.165) is 10.5 Å². The predicted molar refractivity (Wildman–Crippen MR) is 91.5 cm³/mol. The fourth-order valence-electron chi connectivity index (χ4n) is 0.535. The van der Waals surface area contributed by atoms with Crippen LogP contribution in [0.5, 0.6) is 5.75 Å². The lowest BCUT2D eigenvalue weighted by atomic mass is 10.3. The quantitative estimate of drug-likeness (QED) is 0.529. The van der Waals surface area contributed by atoms with Crippen molar-refractivity contribution in [1.82, 2.24) is 0 Å². The second-order valence-electron chi connectivity index (χ2n) is 3.35. The fraction of sp³-hybridized carbons (Fsp3) is 0.0769. The molecule has 116 valence electrons. The zero-order chi connectivity index (χ0) is 17.2. The molecule has 21 heavy (non-hydrogen) atoms. The smallest absolute Gasteiger partial charge is 0.330 e. The summed E-state index contributed by atoms with van der Waals surface area (Å²) in [6.07, 6.45) is 0.833. The molecule has 8 heteroatoms. The highest BCUT2D eigenvalue weighted by atomic mass is 79.9. The lowest BCUT2D eigenvalue weighted by molar-refractivity contribution is -0.133. The number of hydrogen-bond acceptors (Lipinski definition) is 3. The second kappa shape index (κ2) is 11.5. The van der Waals surface area contributed by atoms with E-state index in [2.05, 4.69) is 60.9 Å². The van der Waals surface area contributed by atoms with Crippen molar-refractivity contribution in [1.29, 1.82) is 0 Å². The third-order valence-electron chi connectivity index (χ3n) is 1.52. The van der Waals surface area contributed by atoms with Crippen LogP contribution in [0.3, 0.4) is 0 Å². The number of benzene rings is 1. The van der Waals surface area contributed by atoms with Gasteiger partial charge in [-0.3, -0.25) is 0 Å². The minimum atomic E-state index is -0.981. The number of halogens is 3. The number of aliphatic carboxylic acids is 2. The van der Waals surface area contributed by atoms with Gasteiger partial charge in [0.25, 0.3) is 0 Å². The summed E-state index contributed by atoms with van der Waals surface area (Å²) in [7, 11) is 0. The first-order valence-corrected chi connectivity index (χ1v) is 7.48. The Morgan fingerprint density at radius 1 is 1.14 bits per heavy atom. The van der Waals surface area contributed by atoms with Gasteiger partial charge in [-0.25, -0.2) is 9.59 Å². The maximum Gasteiger partial charge on any atom is 0.330 e. The Balaban J connectivity index is 0. The summed E-state index contributed by atoms with van der Waals surface area (Å²) in [5, 5.41) is 24.7. The van der Waals surface area contributed by atoms with Crippen molar-refractivity contribution in [2.75, 3.05) is 0 Å². The Morgan fingerprint density at radius 2 is 1.43 bits per heavy atom. The van der Waals surface area contributed by atoms with Gasteiger partial charge in [0.1, 0.15) is 5.75 Å². The number of rotatable bonds is 2. The van der Waals surface area contributed by atoms with Crippen molar-refractivity contribution in [3.63, 3.8) is 0 Å².